The highest BCUT2D eigenvalue weighted by Crippen LogP contribution is 2.33. The standard InChI is InChI=1S/C15H29N3O/c1-11(19)15(7,8)12-9-18(17-16-12)14(5,6)10-13(2,3)4/h9,11,19H,10H2,1-8H3. The topological polar surface area (TPSA) is 50.9 Å². The minimum Gasteiger partial charge on any atom is -0.392 e. The average Bonchev–Trinajstić information content (AvgIpc) is 2.62. The first-order valence-electron chi connectivity index (χ1n) is 6.98. The lowest BCUT2D eigenvalue weighted by molar-refractivity contribution is 0.115. The highest BCUT2D eigenvalue weighted by Gasteiger charge is 2.33. The van der Waals surface area contributed by atoms with Crippen LogP contribution in [0.2, 0.25) is 0 Å². The lowest BCUT2D eigenvalue weighted by Gasteiger charge is -2.32. The van der Waals surface area contributed by atoms with Gasteiger partial charge in [0.1, 0.15) is 0 Å². The summed E-state index contributed by atoms with van der Waals surface area (Å²) in [6.07, 6.45) is 2.53. The first kappa shape index (κ1) is 16.2. The van der Waals surface area contributed by atoms with Gasteiger partial charge in [-0.05, 0) is 32.6 Å². The molecule has 1 unspecified atom stereocenters. The Kier molecular flexibility index (Phi) is 4.16. The molecular weight excluding hydrogens is 238 g/mol. The molecule has 0 fully saturated rings. The predicted octanol–water partition coefficient (Wildman–Crippen LogP) is 3.11. The normalized spacial score (nSPS) is 15.6. The number of aliphatic hydroxyl groups excluding tert-OH is 1. The van der Waals surface area contributed by atoms with E-state index in [9.17, 15) is 5.11 Å². The van der Waals surface area contributed by atoms with E-state index in [1.165, 1.54) is 0 Å². The van der Waals surface area contributed by atoms with Crippen LogP contribution in [-0.4, -0.2) is 26.2 Å². The van der Waals surface area contributed by atoms with E-state index in [1.54, 1.807) is 6.92 Å². The first-order chi connectivity index (χ1) is 8.36. The predicted molar refractivity (Wildman–Crippen MR) is 78.1 cm³/mol. The fourth-order valence-corrected chi connectivity index (χ4v) is 2.45. The van der Waals surface area contributed by atoms with Crippen LogP contribution in [0.1, 0.15) is 67.5 Å². The van der Waals surface area contributed by atoms with Crippen molar-refractivity contribution in [2.24, 2.45) is 5.41 Å². The minimum atomic E-state index is -0.455. The molecule has 0 radical (unpaired) electrons. The summed E-state index contributed by atoms with van der Waals surface area (Å²) in [5, 5.41) is 18.4. The van der Waals surface area contributed by atoms with Crippen molar-refractivity contribution in [1.82, 2.24) is 15.0 Å². The second-order valence-corrected chi connectivity index (χ2v) is 8.00. The smallest absolute Gasteiger partial charge is 0.0909 e. The van der Waals surface area contributed by atoms with Gasteiger partial charge in [0.05, 0.1) is 17.3 Å². The van der Waals surface area contributed by atoms with E-state index in [0.717, 1.165) is 12.1 Å². The van der Waals surface area contributed by atoms with E-state index < -0.39 is 6.10 Å². The fourth-order valence-electron chi connectivity index (χ4n) is 2.45. The van der Waals surface area contributed by atoms with Crippen LogP contribution in [0.25, 0.3) is 0 Å². The maximum atomic E-state index is 9.86. The third kappa shape index (κ3) is 3.78. The third-order valence-electron chi connectivity index (χ3n) is 3.78. The molecule has 1 aromatic rings. The highest BCUT2D eigenvalue weighted by atomic mass is 16.3. The van der Waals surface area contributed by atoms with Crippen LogP contribution in [0.15, 0.2) is 6.20 Å². The number of aliphatic hydroxyl groups is 1. The van der Waals surface area contributed by atoms with Gasteiger partial charge < -0.3 is 5.11 Å². The van der Waals surface area contributed by atoms with Crippen LogP contribution >= 0.6 is 0 Å². The zero-order chi connectivity index (χ0) is 15.1. The maximum absolute atomic E-state index is 9.86. The lowest BCUT2D eigenvalue weighted by Crippen LogP contribution is -2.33. The monoisotopic (exact) mass is 267 g/mol. The summed E-state index contributed by atoms with van der Waals surface area (Å²) in [5.74, 6) is 0. The van der Waals surface area contributed by atoms with Gasteiger partial charge in [0.2, 0.25) is 0 Å². The number of hydrogen-bond donors (Lipinski definition) is 1. The summed E-state index contributed by atoms with van der Waals surface area (Å²) < 4.78 is 1.93. The maximum Gasteiger partial charge on any atom is 0.0909 e. The SMILES string of the molecule is CC(O)C(C)(C)c1cn(C(C)(C)CC(C)(C)C)nn1. The second-order valence-electron chi connectivity index (χ2n) is 8.00. The van der Waals surface area contributed by atoms with Gasteiger partial charge in [-0.1, -0.05) is 39.8 Å². The van der Waals surface area contributed by atoms with Gasteiger partial charge in [0.25, 0.3) is 0 Å². The number of rotatable bonds is 4. The van der Waals surface area contributed by atoms with Crippen molar-refractivity contribution < 1.29 is 5.11 Å². The summed E-state index contributed by atoms with van der Waals surface area (Å²) in [4.78, 5) is 0. The number of nitrogens with zero attached hydrogens (tertiary/aromatic N) is 3. The summed E-state index contributed by atoms with van der Waals surface area (Å²) >= 11 is 0. The molecule has 110 valence electrons. The van der Waals surface area contributed by atoms with Crippen molar-refractivity contribution in [2.45, 2.75) is 78.9 Å². The molecule has 0 bridgehead atoms. The van der Waals surface area contributed by atoms with Crippen molar-refractivity contribution in [3.63, 3.8) is 0 Å². The van der Waals surface area contributed by atoms with E-state index in [4.69, 9.17) is 0 Å². The molecule has 0 amide bonds. The Balaban J connectivity index is 3.03. The van der Waals surface area contributed by atoms with Gasteiger partial charge in [0.15, 0.2) is 0 Å². The Morgan fingerprint density at radius 3 is 2.11 bits per heavy atom. The Morgan fingerprint density at radius 1 is 1.16 bits per heavy atom. The molecule has 0 aliphatic rings. The van der Waals surface area contributed by atoms with Gasteiger partial charge in [0, 0.05) is 11.6 Å². The molecule has 1 atom stereocenters. The molecule has 4 heteroatoms. The quantitative estimate of drug-likeness (QED) is 0.912. The molecular formula is C15H29N3O. The van der Waals surface area contributed by atoms with Crippen molar-refractivity contribution >= 4 is 0 Å². The molecule has 1 aromatic heterocycles. The van der Waals surface area contributed by atoms with Crippen LogP contribution in [0.3, 0.4) is 0 Å². The van der Waals surface area contributed by atoms with Crippen molar-refractivity contribution in [3.8, 4) is 0 Å². The average molecular weight is 267 g/mol. The molecule has 0 aliphatic carbocycles. The molecule has 0 saturated carbocycles. The number of aromatic nitrogens is 3. The summed E-state index contributed by atoms with van der Waals surface area (Å²) in [5.41, 5.74) is 0.605. The summed E-state index contributed by atoms with van der Waals surface area (Å²) in [7, 11) is 0. The molecule has 0 aliphatic heterocycles. The Bertz CT molecular complexity index is 425. The zero-order valence-corrected chi connectivity index (χ0v) is 13.7. The molecule has 1 heterocycles. The van der Waals surface area contributed by atoms with E-state index in [0.29, 0.717) is 0 Å². The number of hydrogen-bond acceptors (Lipinski definition) is 3. The Morgan fingerprint density at radius 2 is 1.68 bits per heavy atom. The van der Waals surface area contributed by atoms with Crippen LogP contribution in [0.5, 0.6) is 0 Å². The molecule has 0 aromatic carbocycles. The van der Waals surface area contributed by atoms with Crippen LogP contribution in [0.4, 0.5) is 0 Å². The van der Waals surface area contributed by atoms with E-state index >= 15 is 0 Å². The zero-order valence-electron chi connectivity index (χ0n) is 13.7. The largest absolute Gasteiger partial charge is 0.392 e. The van der Waals surface area contributed by atoms with E-state index in [-0.39, 0.29) is 16.4 Å². The highest BCUT2D eigenvalue weighted by molar-refractivity contribution is 5.12. The second kappa shape index (κ2) is 4.89. The fraction of sp³-hybridized carbons (Fsp3) is 0.867. The van der Waals surface area contributed by atoms with Crippen molar-refractivity contribution in [3.05, 3.63) is 11.9 Å². The minimum absolute atomic E-state index is 0.0850. The van der Waals surface area contributed by atoms with Crippen molar-refractivity contribution in [2.75, 3.05) is 0 Å². The summed E-state index contributed by atoms with van der Waals surface area (Å²) in [6, 6.07) is 0. The van der Waals surface area contributed by atoms with Crippen LogP contribution in [-0.2, 0) is 11.0 Å². The molecule has 0 saturated heterocycles. The third-order valence-corrected chi connectivity index (χ3v) is 3.78. The van der Waals surface area contributed by atoms with Gasteiger partial charge >= 0.3 is 0 Å². The molecule has 0 spiro atoms. The molecule has 4 nitrogen and oxygen atoms in total. The first-order valence-corrected chi connectivity index (χ1v) is 6.98. The van der Waals surface area contributed by atoms with Crippen molar-refractivity contribution in [1.29, 1.82) is 0 Å². The van der Waals surface area contributed by atoms with Gasteiger partial charge in [-0.2, -0.15) is 0 Å². The molecule has 19 heavy (non-hydrogen) atoms. The Labute approximate surface area is 117 Å². The van der Waals surface area contributed by atoms with Crippen LogP contribution < -0.4 is 0 Å². The van der Waals surface area contributed by atoms with Crippen LogP contribution in [0, 0.1) is 5.41 Å². The van der Waals surface area contributed by atoms with E-state index in [2.05, 4.69) is 44.9 Å². The van der Waals surface area contributed by atoms with Gasteiger partial charge in [-0.25, -0.2) is 4.68 Å². The summed E-state index contributed by atoms with van der Waals surface area (Å²) in [6.45, 7) is 16.8. The van der Waals surface area contributed by atoms with E-state index in [1.807, 2.05) is 24.7 Å². The van der Waals surface area contributed by atoms with Gasteiger partial charge in [-0.15, -0.1) is 5.10 Å². The molecule has 1 N–H and O–H groups in total. The lowest BCUT2D eigenvalue weighted by atomic mass is 9.81. The molecule has 1 rings (SSSR count). The Hall–Kier alpha value is -0.900. The van der Waals surface area contributed by atoms with Gasteiger partial charge in [-0.3, -0.25) is 0 Å².